The fraction of sp³-hybridized carbons (Fsp3) is 0.571. The van der Waals surface area contributed by atoms with Crippen molar-refractivity contribution in [2.24, 2.45) is 5.92 Å². The van der Waals surface area contributed by atoms with E-state index in [0.717, 1.165) is 19.2 Å². The summed E-state index contributed by atoms with van der Waals surface area (Å²) in [4.78, 5) is 2.09. The maximum Gasteiger partial charge on any atom is 0.586 e. The average Bonchev–Trinajstić information content (AvgIpc) is 2.99. The van der Waals surface area contributed by atoms with E-state index in [1.165, 1.54) is 6.07 Å². The first-order chi connectivity index (χ1) is 10.7. The third kappa shape index (κ3) is 4.10. The predicted octanol–water partition coefficient (Wildman–Crippen LogP) is 1.38. The number of halogens is 2. The second kappa shape index (κ2) is 5.88. The lowest BCUT2D eigenvalue weighted by Gasteiger charge is -2.17. The highest BCUT2D eigenvalue weighted by Gasteiger charge is 2.44. The molecule has 23 heavy (non-hydrogen) atoms. The standard InChI is InChI=1S/C14H18F2N2O4S/c1-23(19,20)17-7-10-5-6-18(8-10)9-11-3-2-4-12-13(11)22-14(15,16)21-12/h2-4,10,17H,5-9H2,1H3/t10-/m0/s1. The summed E-state index contributed by atoms with van der Waals surface area (Å²) >= 11 is 0. The van der Waals surface area contributed by atoms with Gasteiger partial charge in [0.25, 0.3) is 0 Å². The number of hydrogen-bond acceptors (Lipinski definition) is 5. The molecule has 1 aromatic rings. The summed E-state index contributed by atoms with van der Waals surface area (Å²) in [6, 6.07) is 4.83. The van der Waals surface area contributed by atoms with Crippen molar-refractivity contribution in [3.63, 3.8) is 0 Å². The van der Waals surface area contributed by atoms with E-state index >= 15 is 0 Å². The molecule has 2 heterocycles. The van der Waals surface area contributed by atoms with Gasteiger partial charge < -0.3 is 9.47 Å². The van der Waals surface area contributed by atoms with Gasteiger partial charge in [0.1, 0.15) is 0 Å². The molecule has 3 rings (SSSR count). The molecule has 0 unspecified atom stereocenters. The SMILES string of the molecule is CS(=O)(=O)NC[C@@H]1CCN(Cc2cccc3c2OC(F)(F)O3)C1. The number of nitrogens with zero attached hydrogens (tertiary/aromatic N) is 1. The molecule has 0 bridgehead atoms. The third-order valence-electron chi connectivity index (χ3n) is 3.91. The summed E-state index contributed by atoms with van der Waals surface area (Å²) in [5, 5.41) is 0. The Balaban J connectivity index is 1.61. The van der Waals surface area contributed by atoms with Crippen molar-refractivity contribution in [1.82, 2.24) is 9.62 Å². The Kier molecular flexibility index (Phi) is 4.19. The van der Waals surface area contributed by atoms with Crippen LogP contribution in [0, 0.1) is 5.92 Å². The second-order valence-electron chi connectivity index (χ2n) is 5.92. The van der Waals surface area contributed by atoms with Gasteiger partial charge in [-0.2, -0.15) is 0 Å². The predicted molar refractivity (Wildman–Crippen MR) is 78.9 cm³/mol. The maximum atomic E-state index is 13.2. The van der Waals surface area contributed by atoms with Crippen LogP contribution in [0.25, 0.3) is 0 Å². The van der Waals surface area contributed by atoms with Crippen LogP contribution in [0.5, 0.6) is 11.5 Å². The Hall–Kier alpha value is -1.45. The van der Waals surface area contributed by atoms with Gasteiger partial charge in [0.05, 0.1) is 6.26 Å². The second-order valence-corrected chi connectivity index (χ2v) is 7.76. The van der Waals surface area contributed by atoms with E-state index in [1.54, 1.807) is 12.1 Å². The summed E-state index contributed by atoms with van der Waals surface area (Å²) in [6.07, 6.45) is -1.64. The molecule has 0 amide bonds. The van der Waals surface area contributed by atoms with E-state index in [0.29, 0.717) is 25.2 Å². The normalized spacial score (nSPS) is 23.3. The van der Waals surface area contributed by atoms with Gasteiger partial charge in [0.15, 0.2) is 11.5 Å². The van der Waals surface area contributed by atoms with Crippen molar-refractivity contribution in [1.29, 1.82) is 0 Å². The highest BCUT2D eigenvalue weighted by molar-refractivity contribution is 7.88. The van der Waals surface area contributed by atoms with E-state index in [4.69, 9.17) is 0 Å². The van der Waals surface area contributed by atoms with Gasteiger partial charge in [0.2, 0.25) is 10.0 Å². The number of para-hydroxylation sites is 1. The number of sulfonamides is 1. The van der Waals surface area contributed by atoms with Crippen LogP contribution in [-0.4, -0.2) is 45.5 Å². The van der Waals surface area contributed by atoms with Gasteiger partial charge in [-0.1, -0.05) is 12.1 Å². The lowest BCUT2D eigenvalue weighted by molar-refractivity contribution is -0.287. The fourth-order valence-corrected chi connectivity index (χ4v) is 3.42. The van der Waals surface area contributed by atoms with Crippen molar-refractivity contribution in [3.8, 4) is 11.5 Å². The topological polar surface area (TPSA) is 67.9 Å². The lowest BCUT2D eigenvalue weighted by Crippen LogP contribution is -2.30. The van der Waals surface area contributed by atoms with Crippen molar-refractivity contribution < 1.29 is 26.7 Å². The molecule has 0 spiro atoms. The molecule has 1 saturated heterocycles. The largest absolute Gasteiger partial charge is 0.586 e. The zero-order valence-corrected chi connectivity index (χ0v) is 13.4. The summed E-state index contributed by atoms with van der Waals surface area (Å²) < 4.78 is 60.1. The molecule has 1 atom stereocenters. The van der Waals surface area contributed by atoms with Crippen LogP contribution in [0.3, 0.4) is 0 Å². The Labute approximate surface area is 133 Å². The highest BCUT2D eigenvalue weighted by atomic mass is 32.2. The first-order valence-corrected chi connectivity index (χ1v) is 9.16. The number of ether oxygens (including phenoxy) is 2. The minimum Gasteiger partial charge on any atom is -0.395 e. The van der Waals surface area contributed by atoms with Crippen LogP contribution in [0.2, 0.25) is 0 Å². The van der Waals surface area contributed by atoms with E-state index < -0.39 is 16.3 Å². The molecular weight excluding hydrogens is 330 g/mol. The first kappa shape index (κ1) is 16.4. The van der Waals surface area contributed by atoms with Gasteiger partial charge in [0, 0.05) is 25.2 Å². The molecule has 6 nitrogen and oxygen atoms in total. The highest BCUT2D eigenvalue weighted by Crippen LogP contribution is 2.43. The number of rotatable bonds is 5. The number of nitrogens with one attached hydrogen (secondary N) is 1. The summed E-state index contributed by atoms with van der Waals surface area (Å²) in [7, 11) is -3.20. The van der Waals surface area contributed by atoms with Crippen LogP contribution in [0.4, 0.5) is 8.78 Å². The number of likely N-dealkylation sites (tertiary alicyclic amines) is 1. The quantitative estimate of drug-likeness (QED) is 0.871. The Morgan fingerprint density at radius 1 is 1.39 bits per heavy atom. The summed E-state index contributed by atoms with van der Waals surface area (Å²) in [5.74, 6) is 0.331. The molecule has 0 aromatic heterocycles. The molecule has 1 fully saturated rings. The lowest BCUT2D eigenvalue weighted by atomic mass is 10.1. The minimum atomic E-state index is -3.62. The molecule has 1 N–H and O–H groups in total. The zero-order valence-electron chi connectivity index (χ0n) is 12.6. The Bertz CT molecular complexity index is 696. The van der Waals surface area contributed by atoms with Crippen molar-refractivity contribution >= 4 is 10.0 Å². The molecule has 9 heteroatoms. The number of benzene rings is 1. The monoisotopic (exact) mass is 348 g/mol. The van der Waals surface area contributed by atoms with Crippen molar-refractivity contribution in [2.45, 2.75) is 19.3 Å². The number of hydrogen-bond donors (Lipinski definition) is 1. The molecule has 2 aliphatic heterocycles. The first-order valence-electron chi connectivity index (χ1n) is 7.26. The van der Waals surface area contributed by atoms with Gasteiger partial charge in [-0.3, -0.25) is 4.90 Å². The molecular formula is C14H18F2N2O4S. The van der Waals surface area contributed by atoms with Crippen LogP contribution in [-0.2, 0) is 16.6 Å². The van der Waals surface area contributed by atoms with Crippen LogP contribution in [0.15, 0.2) is 18.2 Å². The van der Waals surface area contributed by atoms with Gasteiger partial charge in [-0.15, -0.1) is 8.78 Å². The Morgan fingerprint density at radius 2 is 2.17 bits per heavy atom. The summed E-state index contributed by atoms with van der Waals surface area (Å²) in [5.41, 5.74) is 0.636. The van der Waals surface area contributed by atoms with Crippen LogP contribution < -0.4 is 14.2 Å². The smallest absolute Gasteiger partial charge is 0.395 e. The van der Waals surface area contributed by atoms with Crippen LogP contribution >= 0.6 is 0 Å². The molecule has 1 aromatic carbocycles. The van der Waals surface area contributed by atoms with Gasteiger partial charge >= 0.3 is 6.29 Å². The maximum absolute atomic E-state index is 13.2. The van der Waals surface area contributed by atoms with E-state index in [2.05, 4.69) is 19.1 Å². The van der Waals surface area contributed by atoms with Gasteiger partial charge in [-0.05, 0) is 24.9 Å². The van der Waals surface area contributed by atoms with E-state index in [9.17, 15) is 17.2 Å². The Morgan fingerprint density at radius 3 is 2.91 bits per heavy atom. The third-order valence-corrected chi connectivity index (χ3v) is 4.60. The van der Waals surface area contributed by atoms with Crippen molar-refractivity contribution in [2.75, 3.05) is 25.9 Å². The average molecular weight is 348 g/mol. The number of fused-ring (bicyclic) bond motifs is 1. The van der Waals surface area contributed by atoms with E-state index in [1.807, 2.05) is 0 Å². The molecule has 0 aliphatic carbocycles. The summed E-state index contributed by atoms with van der Waals surface area (Å²) in [6.45, 7) is 2.32. The molecule has 0 radical (unpaired) electrons. The molecule has 2 aliphatic rings. The fourth-order valence-electron chi connectivity index (χ4n) is 2.88. The zero-order chi connectivity index (χ0) is 16.7. The van der Waals surface area contributed by atoms with Crippen LogP contribution in [0.1, 0.15) is 12.0 Å². The molecule has 0 saturated carbocycles. The van der Waals surface area contributed by atoms with Crippen molar-refractivity contribution in [3.05, 3.63) is 23.8 Å². The van der Waals surface area contributed by atoms with Gasteiger partial charge in [-0.25, -0.2) is 13.1 Å². The minimum absolute atomic E-state index is 0.0435. The number of alkyl halides is 2. The van der Waals surface area contributed by atoms with E-state index in [-0.39, 0.29) is 17.4 Å². The molecule has 128 valence electrons.